The lowest BCUT2D eigenvalue weighted by Gasteiger charge is -2.13. The fourth-order valence-electron chi connectivity index (χ4n) is 2.84. The SMILES string of the molecule is CCCCCCn1c(SC(C)C(=O)Nc2ncccn2)nc2ccccc21. The van der Waals surface area contributed by atoms with Crippen molar-refractivity contribution in [1.82, 2.24) is 19.5 Å². The van der Waals surface area contributed by atoms with Crippen molar-refractivity contribution in [3.8, 4) is 0 Å². The van der Waals surface area contributed by atoms with E-state index in [4.69, 9.17) is 4.98 Å². The van der Waals surface area contributed by atoms with Gasteiger partial charge in [0.05, 0.1) is 16.3 Å². The maximum Gasteiger partial charge on any atom is 0.240 e. The number of carbonyl (C=O) groups is 1. The lowest BCUT2D eigenvalue weighted by atomic mass is 10.2. The van der Waals surface area contributed by atoms with Gasteiger partial charge in [0, 0.05) is 18.9 Å². The molecule has 0 saturated carbocycles. The number of rotatable bonds is 9. The lowest BCUT2D eigenvalue weighted by molar-refractivity contribution is -0.115. The van der Waals surface area contributed by atoms with Crippen LogP contribution in [0.5, 0.6) is 0 Å². The zero-order valence-electron chi connectivity index (χ0n) is 15.8. The topological polar surface area (TPSA) is 72.7 Å². The second kappa shape index (κ2) is 9.50. The Morgan fingerprint density at radius 1 is 1.15 bits per heavy atom. The van der Waals surface area contributed by atoms with Gasteiger partial charge in [-0.3, -0.25) is 10.1 Å². The fraction of sp³-hybridized carbons (Fsp3) is 0.400. The van der Waals surface area contributed by atoms with E-state index in [1.54, 1.807) is 18.5 Å². The number of aromatic nitrogens is 4. The first-order chi connectivity index (χ1) is 13.2. The largest absolute Gasteiger partial charge is 0.319 e. The number of hydrogen-bond donors (Lipinski definition) is 1. The predicted molar refractivity (Wildman–Crippen MR) is 110 cm³/mol. The van der Waals surface area contributed by atoms with Gasteiger partial charge in [0.2, 0.25) is 11.9 Å². The molecule has 3 aromatic rings. The molecule has 0 bridgehead atoms. The summed E-state index contributed by atoms with van der Waals surface area (Å²) in [6, 6.07) is 9.85. The summed E-state index contributed by atoms with van der Waals surface area (Å²) >= 11 is 1.47. The van der Waals surface area contributed by atoms with Crippen LogP contribution in [0.2, 0.25) is 0 Å². The minimum Gasteiger partial charge on any atom is -0.319 e. The number of benzene rings is 1. The van der Waals surface area contributed by atoms with E-state index < -0.39 is 0 Å². The van der Waals surface area contributed by atoms with Crippen molar-refractivity contribution in [3.63, 3.8) is 0 Å². The number of nitrogens with zero attached hydrogens (tertiary/aromatic N) is 4. The van der Waals surface area contributed by atoms with E-state index >= 15 is 0 Å². The van der Waals surface area contributed by atoms with Gasteiger partial charge < -0.3 is 4.57 Å². The summed E-state index contributed by atoms with van der Waals surface area (Å²) in [5, 5.41) is 3.33. The molecule has 0 aliphatic carbocycles. The number of unbranched alkanes of at least 4 members (excludes halogenated alkanes) is 3. The molecule has 1 atom stereocenters. The van der Waals surface area contributed by atoms with E-state index in [2.05, 4.69) is 32.8 Å². The molecule has 0 saturated heterocycles. The minimum atomic E-state index is -0.306. The molecule has 0 fully saturated rings. The van der Waals surface area contributed by atoms with E-state index in [0.29, 0.717) is 5.95 Å². The van der Waals surface area contributed by atoms with Gasteiger partial charge in [-0.2, -0.15) is 0 Å². The smallest absolute Gasteiger partial charge is 0.240 e. The molecule has 2 heterocycles. The standard InChI is InChI=1S/C20H25N5OS/c1-3-4-5-8-14-25-17-11-7-6-10-16(17)23-20(25)27-15(2)18(26)24-19-21-12-9-13-22-19/h6-7,9-13,15H,3-5,8,14H2,1-2H3,(H,21,22,24,26). The summed E-state index contributed by atoms with van der Waals surface area (Å²) < 4.78 is 2.23. The van der Waals surface area contributed by atoms with Crippen LogP contribution in [0.15, 0.2) is 47.9 Å². The van der Waals surface area contributed by atoms with Gasteiger partial charge >= 0.3 is 0 Å². The number of anilines is 1. The molecule has 6 nitrogen and oxygen atoms in total. The van der Waals surface area contributed by atoms with Crippen LogP contribution in [0.3, 0.4) is 0 Å². The highest BCUT2D eigenvalue weighted by atomic mass is 32.2. The number of amides is 1. The number of thioether (sulfide) groups is 1. The zero-order valence-corrected chi connectivity index (χ0v) is 16.6. The molecule has 1 N–H and O–H groups in total. The molecule has 0 radical (unpaired) electrons. The van der Waals surface area contributed by atoms with Gasteiger partial charge in [0.15, 0.2) is 5.16 Å². The maximum absolute atomic E-state index is 12.5. The molecule has 0 aliphatic rings. The summed E-state index contributed by atoms with van der Waals surface area (Å²) in [4.78, 5) is 25.3. The minimum absolute atomic E-state index is 0.129. The average molecular weight is 384 g/mol. The van der Waals surface area contributed by atoms with Crippen molar-refractivity contribution in [2.45, 2.75) is 56.5 Å². The number of para-hydroxylation sites is 2. The van der Waals surface area contributed by atoms with Crippen molar-refractivity contribution in [1.29, 1.82) is 0 Å². The Morgan fingerprint density at radius 2 is 1.93 bits per heavy atom. The zero-order chi connectivity index (χ0) is 19.1. The highest BCUT2D eigenvalue weighted by Gasteiger charge is 2.20. The third kappa shape index (κ3) is 5.07. The number of fused-ring (bicyclic) bond motifs is 1. The highest BCUT2D eigenvalue weighted by Crippen LogP contribution is 2.28. The molecule has 1 aromatic carbocycles. The Morgan fingerprint density at radius 3 is 2.70 bits per heavy atom. The first-order valence-corrected chi connectivity index (χ1v) is 10.3. The van der Waals surface area contributed by atoms with Crippen LogP contribution in [-0.4, -0.2) is 30.7 Å². The van der Waals surface area contributed by atoms with Crippen molar-refractivity contribution >= 4 is 34.7 Å². The Hall–Kier alpha value is -2.41. The van der Waals surface area contributed by atoms with Crippen molar-refractivity contribution < 1.29 is 4.79 Å². The Bertz CT molecular complexity index is 880. The Labute approximate surface area is 163 Å². The molecule has 27 heavy (non-hydrogen) atoms. The molecular weight excluding hydrogens is 358 g/mol. The molecule has 142 valence electrons. The number of imidazole rings is 1. The van der Waals surface area contributed by atoms with Crippen LogP contribution in [0.25, 0.3) is 11.0 Å². The molecule has 0 spiro atoms. The van der Waals surface area contributed by atoms with E-state index in [9.17, 15) is 4.79 Å². The first-order valence-electron chi connectivity index (χ1n) is 9.39. The number of nitrogens with one attached hydrogen (secondary N) is 1. The second-order valence-corrected chi connectivity index (χ2v) is 7.73. The third-order valence-corrected chi connectivity index (χ3v) is 5.40. The third-order valence-electron chi connectivity index (χ3n) is 4.31. The Kier molecular flexibility index (Phi) is 6.81. The molecular formula is C20H25N5OS. The summed E-state index contributed by atoms with van der Waals surface area (Å²) in [7, 11) is 0. The first kappa shape index (κ1) is 19.4. The van der Waals surface area contributed by atoms with Gasteiger partial charge in [0.25, 0.3) is 0 Å². The van der Waals surface area contributed by atoms with Crippen molar-refractivity contribution in [2.75, 3.05) is 5.32 Å². The predicted octanol–water partition coefficient (Wildman–Crippen LogP) is 4.53. The van der Waals surface area contributed by atoms with Crippen LogP contribution >= 0.6 is 11.8 Å². The van der Waals surface area contributed by atoms with E-state index in [-0.39, 0.29) is 11.2 Å². The number of hydrogen-bond acceptors (Lipinski definition) is 5. The lowest BCUT2D eigenvalue weighted by Crippen LogP contribution is -2.24. The fourth-order valence-corrected chi connectivity index (χ4v) is 3.79. The van der Waals surface area contributed by atoms with Gasteiger partial charge in [-0.05, 0) is 31.5 Å². The maximum atomic E-state index is 12.5. The molecule has 2 aromatic heterocycles. The van der Waals surface area contributed by atoms with Gasteiger partial charge in [-0.25, -0.2) is 15.0 Å². The quantitative estimate of drug-likeness (QED) is 0.434. The average Bonchev–Trinajstić information content (AvgIpc) is 3.03. The summed E-state index contributed by atoms with van der Waals surface area (Å²) in [5.74, 6) is 0.193. The monoisotopic (exact) mass is 383 g/mol. The summed E-state index contributed by atoms with van der Waals surface area (Å²) in [6.45, 7) is 5.01. The van der Waals surface area contributed by atoms with E-state index in [1.807, 2.05) is 25.1 Å². The van der Waals surface area contributed by atoms with Gasteiger partial charge in [-0.15, -0.1) is 0 Å². The van der Waals surface area contributed by atoms with Crippen molar-refractivity contribution in [2.24, 2.45) is 0 Å². The van der Waals surface area contributed by atoms with Crippen LogP contribution in [0.1, 0.15) is 39.5 Å². The summed E-state index contributed by atoms with van der Waals surface area (Å²) in [6.07, 6.45) is 7.98. The number of carbonyl (C=O) groups excluding carboxylic acids is 1. The Balaban J connectivity index is 1.73. The normalized spacial score (nSPS) is 12.2. The number of aryl methyl sites for hydroxylation is 1. The summed E-state index contributed by atoms with van der Waals surface area (Å²) in [5.41, 5.74) is 2.09. The molecule has 0 aliphatic heterocycles. The second-order valence-electron chi connectivity index (χ2n) is 6.42. The molecule has 1 unspecified atom stereocenters. The van der Waals surface area contributed by atoms with Crippen LogP contribution in [-0.2, 0) is 11.3 Å². The highest BCUT2D eigenvalue weighted by molar-refractivity contribution is 8.00. The molecule has 3 rings (SSSR count). The van der Waals surface area contributed by atoms with Crippen LogP contribution in [0.4, 0.5) is 5.95 Å². The van der Waals surface area contributed by atoms with E-state index in [0.717, 1.165) is 29.2 Å². The van der Waals surface area contributed by atoms with Crippen LogP contribution in [0, 0.1) is 0 Å². The molecule has 7 heteroatoms. The van der Waals surface area contributed by atoms with E-state index in [1.165, 1.54) is 31.0 Å². The van der Waals surface area contributed by atoms with Gasteiger partial charge in [-0.1, -0.05) is 50.1 Å². The van der Waals surface area contributed by atoms with Crippen LogP contribution < -0.4 is 5.32 Å². The van der Waals surface area contributed by atoms with Gasteiger partial charge in [0.1, 0.15) is 0 Å². The van der Waals surface area contributed by atoms with Crippen molar-refractivity contribution in [3.05, 3.63) is 42.7 Å². The molecule has 1 amide bonds.